The maximum atomic E-state index is 12.6. The SMILES string of the molecule is C[C@@H]1CCCC[C@H]1NC(=O)[C@@H](C)N1CC=C(c2ccccc2)CC1. The molecule has 0 saturated heterocycles. The maximum Gasteiger partial charge on any atom is 0.237 e. The molecular formula is C21H30N2O. The number of hydrogen-bond donors (Lipinski definition) is 1. The zero-order chi connectivity index (χ0) is 16.9. The van der Waals surface area contributed by atoms with E-state index in [4.69, 9.17) is 0 Å². The Bertz CT molecular complexity index is 581. The summed E-state index contributed by atoms with van der Waals surface area (Å²) in [4.78, 5) is 14.9. The minimum atomic E-state index is -0.0484. The standard InChI is InChI=1S/C21H30N2O/c1-16-8-6-7-11-20(16)22-21(24)17(2)23-14-12-19(13-15-23)18-9-4-3-5-10-18/h3-5,9-10,12,16-17,20H,6-8,11,13-15H2,1-2H3,(H,22,24)/t16-,17-,20-/m1/s1. The smallest absolute Gasteiger partial charge is 0.237 e. The second-order valence-electron chi connectivity index (χ2n) is 7.39. The van der Waals surface area contributed by atoms with Crippen LogP contribution in [-0.4, -0.2) is 36.0 Å². The van der Waals surface area contributed by atoms with E-state index in [-0.39, 0.29) is 11.9 Å². The Kier molecular flexibility index (Phi) is 5.72. The average molecular weight is 326 g/mol. The van der Waals surface area contributed by atoms with Gasteiger partial charge in [0.1, 0.15) is 0 Å². The van der Waals surface area contributed by atoms with Gasteiger partial charge in [-0.1, -0.05) is 56.2 Å². The molecule has 1 aliphatic carbocycles. The van der Waals surface area contributed by atoms with Crippen LogP contribution in [0.4, 0.5) is 0 Å². The minimum absolute atomic E-state index is 0.0484. The first-order valence-corrected chi connectivity index (χ1v) is 9.44. The van der Waals surface area contributed by atoms with Gasteiger partial charge in [0.05, 0.1) is 6.04 Å². The topological polar surface area (TPSA) is 32.3 Å². The van der Waals surface area contributed by atoms with Crippen molar-refractivity contribution in [3.63, 3.8) is 0 Å². The molecule has 3 heteroatoms. The van der Waals surface area contributed by atoms with Crippen molar-refractivity contribution < 1.29 is 4.79 Å². The summed E-state index contributed by atoms with van der Waals surface area (Å²) in [6.07, 6.45) is 8.23. The second-order valence-corrected chi connectivity index (χ2v) is 7.39. The quantitative estimate of drug-likeness (QED) is 0.911. The molecule has 1 aromatic rings. The monoisotopic (exact) mass is 326 g/mol. The van der Waals surface area contributed by atoms with Crippen LogP contribution in [0.3, 0.4) is 0 Å². The number of benzene rings is 1. The van der Waals surface area contributed by atoms with Crippen LogP contribution in [-0.2, 0) is 4.79 Å². The lowest BCUT2D eigenvalue weighted by Crippen LogP contribution is -2.51. The number of hydrogen-bond acceptors (Lipinski definition) is 2. The molecule has 1 heterocycles. The molecule has 3 rings (SSSR count). The molecule has 3 nitrogen and oxygen atoms in total. The van der Waals surface area contributed by atoms with Crippen LogP contribution in [0.15, 0.2) is 36.4 Å². The van der Waals surface area contributed by atoms with E-state index >= 15 is 0 Å². The number of carbonyl (C=O) groups is 1. The van der Waals surface area contributed by atoms with Crippen molar-refractivity contribution in [1.82, 2.24) is 10.2 Å². The number of rotatable bonds is 4. The molecule has 3 atom stereocenters. The summed E-state index contributed by atoms with van der Waals surface area (Å²) >= 11 is 0. The Morgan fingerprint density at radius 3 is 2.62 bits per heavy atom. The van der Waals surface area contributed by atoms with Gasteiger partial charge in [-0.15, -0.1) is 0 Å². The average Bonchev–Trinajstić information content (AvgIpc) is 2.64. The molecule has 0 bridgehead atoms. The van der Waals surface area contributed by atoms with Crippen molar-refractivity contribution in [2.75, 3.05) is 13.1 Å². The van der Waals surface area contributed by atoms with E-state index in [2.05, 4.69) is 53.5 Å². The normalized spacial score (nSPS) is 26.5. The van der Waals surface area contributed by atoms with E-state index in [1.165, 1.54) is 30.4 Å². The van der Waals surface area contributed by atoms with Crippen LogP contribution >= 0.6 is 0 Å². The molecule has 1 amide bonds. The summed E-state index contributed by atoms with van der Waals surface area (Å²) in [5.74, 6) is 0.811. The zero-order valence-electron chi connectivity index (χ0n) is 15.0. The maximum absolute atomic E-state index is 12.6. The lowest BCUT2D eigenvalue weighted by Gasteiger charge is -2.34. The summed E-state index contributed by atoms with van der Waals surface area (Å²) < 4.78 is 0. The molecule has 0 unspecified atom stereocenters. The molecule has 1 N–H and O–H groups in total. The van der Waals surface area contributed by atoms with Gasteiger partial charge < -0.3 is 5.32 Å². The molecule has 130 valence electrons. The van der Waals surface area contributed by atoms with Gasteiger partial charge in [0.2, 0.25) is 5.91 Å². The van der Waals surface area contributed by atoms with Crippen LogP contribution < -0.4 is 5.32 Å². The Hall–Kier alpha value is -1.61. The predicted molar refractivity (Wildman–Crippen MR) is 99.6 cm³/mol. The van der Waals surface area contributed by atoms with E-state index in [0.29, 0.717) is 12.0 Å². The highest BCUT2D eigenvalue weighted by atomic mass is 16.2. The first-order chi connectivity index (χ1) is 11.6. The van der Waals surface area contributed by atoms with E-state index in [9.17, 15) is 4.79 Å². The Morgan fingerprint density at radius 1 is 1.21 bits per heavy atom. The molecule has 1 fully saturated rings. The van der Waals surface area contributed by atoms with Crippen LogP contribution in [0.1, 0.15) is 51.5 Å². The highest BCUT2D eigenvalue weighted by Gasteiger charge is 2.28. The highest BCUT2D eigenvalue weighted by molar-refractivity contribution is 5.82. The van der Waals surface area contributed by atoms with Crippen molar-refractivity contribution in [3.8, 4) is 0 Å². The van der Waals surface area contributed by atoms with Crippen molar-refractivity contribution in [2.45, 2.75) is 58.0 Å². The van der Waals surface area contributed by atoms with Crippen LogP contribution in [0, 0.1) is 5.92 Å². The first kappa shape index (κ1) is 17.2. The van der Waals surface area contributed by atoms with Crippen molar-refractivity contribution >= 4 is 11.5 Å². The lowest BCUT2D eigenvalue weighted by molar-refractivity contribution is -0.127. The minimum Gasteiger partial charge on any atom is -0.352 e. The third-order valence-corrected chi connectivity index (χ3v) is 5.75. The Balaban J connectivity index is 1.55. The van der Waals surface area contributed by atoms with Gasteiger partial charge in [0.15, 0.2) is 0 Å². The Labute approximate surface area is 146 Å². The second kappa shape index (κ2) is 7.98. The summed E-state index contributed by atoms with van der Waals surface area (Å²) in [6.45, 7) is 6.13. The van der Waals surface area contributed by atoms with Crippen LogP contribution in [0.2, 0.25) is 0 Å². The lowest BCUT2D eigenvalue weighted by atomic mass is 9.86. The molecule has 0 aromatic heterocycles. The summed E-state index contributed by atoms with van der Waals surface area (Å²) in [5.41, 5.74) is 2.71. The van der Waals surface area contributed by atoms with Gasteiger partial charge in [-0.05, 0) is 43.2 Å². The molecule has 24 heavy (non-hydrogen) atoms. The summed E-state index contributed by atoms with van der Waals surface area (Å²) in [6, 6.07) is 10.9. The summed E-state index contributed by atoms with van der Waals surface area (Å²) in [5, 5.41) is 3.31. The van der Waals surface area contributed by atoms with Crippen molar-refractivity contribution in [3.05, 3.63) is 42.0 Å². The molecule has 2 aliphatic rings. The molecule has 0 spiro atoms. The fourth-order valence-electron chi connectivity index (χ4n) is 3.95. The largest absolute Gasteiger partial charge is 0.352 e. The predicted octanol–water partition coefficient (Wildman–Crippen LogP) is 3.86. The van der Waals surface area contributed by atoms with Gasteiger partial charge >= 0.3 is 0 Å². The van der Waals surface area contributed by atoms with E-state index in [1.807, 2.05) is 6.92 Å². The van der Waals surface area contributed by atoms with E-state index in [1.54, 1.807) is 0 Å². The summed E-state index contributed by atoms with van der Waals surface area (Å²) in [7, 11) is 0. The molecule has 1 aromatic carbocycles. The van der Waals surface area contributed by atoms with Crippen LogP contribution in [0.5, 0.6) is 0 Å². The van der Waals surface area contributed by atoms with Crippen molar-refractivity contribution in [2.24, 2.45) is 5.92 Å². The van der Waals surface area contributed by atoms with E-state index in [0.717, 1.165) is 25.9 Å². The van der Waals surface area contributed by atoms with Gasteiger partial charge in [-0.2, -0.15) is 0 Å². The Morgan fingerprint density at radius 2 is 1.96 bits per heavy atom. The van der Waals surface area contributed by atoms with Gasteiger partial charge in [0.25, 0.3) is 0 Å². The molecule has 1 saturated carbocycles. The number of amides is 1. The van der Waals surface area contributed by atoms with Gasteiger partial charge in [-0.3, -0.25) is 9.69 Å². The molecular weight excluding hydrogens is 296 g/mol. The fourth-order valence-corrected chi connectivity index (χ4v) is 3.95. The third kappa shape index (κ3) is 4.07. The first-order valence-electron chi connectivity index (χ1n) is 9.44. The molecule has 0 radical (unpaired) electrons. The number of nitrogens with zero attached hydrogens (tertiary/aromatic N) is 1. The van der Waals surface area contributed by atoms with Gasteiger partial charge in [-0.25, -0.2) is 0 Å². The van der Waals surface area contributed by atoms with E-state index < -0.39 is 0 Å². The third-order valence-electron chi connectivity index (χ3n) is 5.75. The van der Waals surface area contributed by atoms with Crippen LogP contribution in [0.25, 0.3) is 5.57 Å². The number of nitrogens with one attached hydrogen (secondary N) is 1. The zero-order valence-corrected chi connectivity index (χ0v) is 15.0. The molecule has 1 aliphatic heterocycles. The van der Waals surface area contributed by atoms with Gasteiger partial charge in [0, 0.05) is 19.1 Å². The highest BCUT2D eigenvalue weighted by Crippen LogP contribution is 2.25. The number of carbonyl (C=O) groups excluding carboxylic acids is 1. The fraction of sp³-hybridized carbons (Fsp3) is 0.571. The van der Waals surface area contributed by atoms with Crippen molar-refractivity contribution in [1.29, 1.82) is 0 Å².